The molecule has 3 aromatic rings. The van der Waals surface area contributed by atoms with Crippen molar-refractivity contribution in [3.63, 3.8) is 0 Å². The SMILES string of the molecule is CCOc1cc(/C=N\NC(=O)COc2ccc([C@H]3NC(=O)NC(C)=C3C(=O)OC)cc2OC)ccc1Oc1ccc([N+](=O)[O-])cc1[N+](=O)[O-]. The van der Waals surface area contributed by atoms with Gasteiger partial charge in [0.05, 0.1) is 54.6 Å². The summed E-state index contributed by atoms with van der Waals surface area (Å²) in [5.74, 6) is -0.744. The van der Waals surface area contributed by atoms with Crippen molar-refractivity contribution in [1.82, 2.24) is 16.1 Å². The molecule has 3 N–H and O–H groups in total. The minimum Gasteiger partial charge on any atom is -0.493 e. The highest BCUT2D eigenvalue weighted by Crippen LogP contribution is 2.39. The number of rotatable bonds is 14. The quantitative estimate of drug-likeness (QED) is 0.0949. The van der Waals surface area contributed by atoms with E-state index in [0.29, 0.717) is 16.8 Å². The fourth-order valence-electron chi connectivity index (χ4n) is 4.59. The molecule has 4 rings (SSSR count). The highest BCUT2D eigenvalue weighted by atomic mass is 16.6. The molecular weight excluding hydrogens is 648 g/mol. The van der Waals surface area contributed by atoms with E-state index in [-0.39, 0.29) is 40.9 Å². The summed E-state index contributed by atoms with van der Waals surface area (Å²) in [5, 5.41) is 31.7. The second-order valence-electron chi connectivity index (χ2n) is 9.96. The van der Waals surface area contributed by atoms with Gasteiger partial charge in [-0.1, -0.05) is 6.07 Å². The number of carbonyl (C=O) groups is 3. The van der Waals surface area contributed by atoms with Gasteiger partial charge in [0.1, 0.15) is 0 Å². The number of hydrogen-bond donors (Lipinski definition) is 3. The number of nitro groups is 2. The molecule has 3 amide bonds. The Bertz CT molecular complexity index is 1860. The summed E-state index contributed by atoms with van der Waals surface area (Å²) in [6.45, 7) is 3.06. The predicted molar refractivity (Wildman–Crippen MR) is 171 cm³/mol. The number of esters is 1. The molecule has 0 aliphatic carbocycles. The molecule has 3 aromatic carbocycles. The summed E-state index contributed by atoms with van der Waals surface area (Å²) in [6, 6.07) is 10.9. The summed E-state index contributed by atoms with van der Waals surface area (Å²) in [6.07, 6.45) is 1.32. The average molecular weight is 679 g/mol. The molecule has 0 spiro atoms. The van der Waals surface area contributed by atoms with E-state index in [0.717, 1.165) is 18.2 Å². The molecule has 0 aromatic heterocycles. The van der Waals surface area contributed by atoms with Crippen LogP contribution < -0.4 is 35.0 Å². The number of amides is 3. The molecule has 0 bridgehead atoms. The summed E-state index contributed by atoms with van der Waals surface area (Å²) in [7, 11) is 2.62. The van der Waals surface area contributed by atoms with Crippen molar-refractivity contribution in [2.75, 3.05) is 27.4 Å². The Hall–Kier alpha value is -6.72. The molecule has 256 valence electrons. The van der Waals surface area contributed by atoms with E-state index in [1.807, 2.05) is 0 Å². The van der Waals surface area contributed by atoms with Crippen molar-refractivity contribution in [1.29, 1.82) is 0 Å². The molecule has 18 heteroatoms. The Morgan fingerprint density at radius 1 is 0.939 bits per heavy atom. The number of hydrazone groups is 1. The summed E-state index contributed by atoms with van der Waals surface area (Å²) in [5.41, 5.74) is 2.77. The maximum atomic E-state index is 12.5. The second kappa shape index (κ2) is 15.7. The van der Waals surface area contributed by atoms with Gasteiger partial charge in [0.15, 0.2) is 29.6 Å². The van der Waals surface area contributed by atoms with Gasteiger partial charge in [0.2, 0.25) is 5.75 Å². The van der Waals surface area contributed by atoms with E-state index in [1.165, 1.54) is 38.6 Å². The van der Waals surface area contributed by atoms with Crippen LogP contribution in [-0.4, -0.2) is 61.4 Å². The first-order chi connectivity index (χ1) is 23.4. The van der Waals surface area contributed by atoms with Gasteiger partial charge in [0.25, 0.3) is 11.6 Å². The van der Waals surface area contributed by atoms with Crippen LogP contribution in [0.4, 0.5) is 16.2 Å². The number of hydrogen-bond acceptors (Lipinski definition) is 13. The summed E-state index contributed by atoms with van der Waals surface area (Å²) < 4.78 is 27.2. The van der Waals surface area contributed by atoms with Gasteiger partial charge in [-0.2, -0.15) is 5.10 Å². The van der Waals surface area contributed by atoms with Gasteiger partial charge in [-0.3, -0.25) is 25.0 Å². The van der Waals surface area contributed by atoms with Gasteiger partial charge < -0.3 is 34.3 Å². The van der Waals surface area contributed by atoms with Gasteiger partial charge in [-0.15, -0.1) is 0 Å². The van der Waals surface area contributed by atoms with Gasteiger partial charge in [0, 0.05) is 11.8 Å². The fraction of sp³-hybridized carbons (Fsp3) is 0.226. The van der Waals surface area contributed by atoms with Crippen molar-refractivity contribution < 1.29 is 47.9 Å². The van der Waals surface area contributed by atoms with Crippen LogP contribution in [0.2, 0.25) is 0 Å². The third kappa shape index (κ3) is 8.56. The molecule has 1 atom stereocenters. The smallest absolute Gasteiger partial charge is 0.337 e. The van der Waals surface area contributed by atoms with Crippen LogP contribution in [0.15, 0.2) is 71.0 Å². The standard InChI is InChI=1S/C31H30N6O12/c1-5-47-26-12-18(6-9-24(26)49-22-11-8-20(36(41)42)14-21(22)37(43)44)15-32-35-27(38)16-48-23-10-7-19(13-25(23)45-3)29-28(30(39)46-4)17(2)33-31(40)34-29/h6-15,29H,5,16H2,1-4H3,(H,35,38)(H2,33,34,40)/b32-15-/t29-/m1/s1. The van der Waals surface area contributed by atoms with Crippen LogP contribution in [0.1, 0.15) is 31.0 Å². The molecule has 0 saturated carbocycles. The third-order valence-electron chi connectivity index (χ3n) is 6.79. The van der Waals surface area contributed by atoms with Crippen molar-refractivity contribution in [2.24, 2.45) is 5.10 Å². The Kier molecular flexibility index (Phi) is 11.3. The first-order valence-corrected chi connectivity index (χ1v) is 14.3. The van der Waals surface area contributed by atoms with Crippen LogP contribution >= 0.6 is 0 Å². The molecule has 1 aliphatic heterocycles. The Morgan fingerprint density at radius 2 is 1.67 bits per heavy atom. The first kappa shape index (κ1) is 35.1. The first-order valence-electron chi connectivity index (χ1n) is 14.3. The topological polar surface area (TPSA) is 232 Å². The molecule has 0 saturated heterocycles. The number of methoxy groups -OCH3 is 2. The minimum absolute atomic E-state index is 0.101. The van der Waals surface area contributed by atoms with Gasteiger partial charge >= 0.3 is 17.7 Å². The normalized spacial score (nSPS) is 14.0. The summed E-state index contributed by atoms with van der Waals surface area (Å²) >= 11 is 0. The zero-order valence-electron chi connectivity index (χ0n) is 26.5. The molecule has 18 nitrogen and oxygen atoms in total. The molecular formula is C31H30N6O12. The molecule has 1 aliphatic rings. The van der Waals surface area contributed by atoms with Crippen LogP contribution in [-0.2, 0) is 14.3 Å². The van der Waals surface area contributed by atoms with Crippen molar-refractivity contribution in [3.05, 3.63) is 97.2 Å². The Balaban J connectivity index is 1.41. The number of nitrogens with one attached hydrogen (secondary N) is 3. The highest BCUT2D eigenvalue weighted by molar-refractivity contribution is 5.95. The van der Waals surface area contributed by atoms with E-state index in [9.17, 15) is 34.6 Å². The van der Waals surface area contributed by atoms with Crippen LogP contribution in [0.25, 0.3) is 0 Å². The molecule has 49 heavy (non-hydrogen) atoms. The maximum Gasteiger partial charge on any atom is 0.337 e. The maximum absolute atomic E-state index is 12.5. The average Bonchev–Trinajstić information content (AvgIpc) is 3.07. The lowest BCUT2D eigenvalue weighted by atomic mass is 9.95. The van der Waals surface area contributed by atoms with Crippen molar-refractivity contribution >= 4 is 35.5 Å². The number of nitro benzene ring substituents is 2. The Morgan fingerprint density at radius 3 is 2.35 bits per heavy atom. The monoisotopic (exact) mass is 678 g/mol. The number of urea groups is 1. The van der Waals surface area contributed by atoms with Crippen LogP contribution in [0.5, 0.6) is 28.7 Å². The van der Waals surface area contributed by atoms with E-state index in [4.69, 9.17) is 23.7 Å². The van der Waals surface area contributed by atoms with Crippen LogP contribution in [0, 0.1) is 20.2 Å². The number of carbonyl (C=O) groups excluding carboxylic acids is 3. The third-order valence-corrected chi connectivity index (χ3v) is 6.79. The zero-order chi connectivity index (χ0) is 35.7. The van der Waals surface area contributed by atoms with Crippen LogP contribution in [0.3, 0.4) is 0 Å². The van der Waals surface area contributed by atoms with E-state index in [1.54, 1.807) is 32.0 Å². The highest BCUT2D eigenvalue weighted by Gasteiger charge is 2.32. The molecule has 0 radical (unpaired) electrons. The second-order valence-corrected chi connectivity index (χ2v) is 9.96. The largest absolute Gasteiger partial charge is 0.493 e. The lowest BCUT2D eigenvalue weighted by molar-refractivity contribution is -0.394. The lowest BCUT2D eigenvalue weighted by Crippen LogP contribution is -2.45. The predicted octanol–water partition coefficient (Wildman–Crippen LogP) is 4.03. The van der Waals surface area contributed by atoms with E-state index in [2.05, 4.69) is 21.2 Å². The lowest BCUT2D eigenvalue weighted by Gasteiger charge is -2.28. The number of ether oxygens (including phenoxy) is 5. The fourth-order valence-corrected chi connectivity index (χ4v) is 4.59. The van der Waals surface area contributed by atoms with E-state index < -0.39 is 51.8 Å². The van der Waals surface area contributed by atoms with Crippen molar-refractivity contribution in [3.8, 4) is 28.7 Å². The van der Waals surface area contributed by atoms with Gasteiger partial charge in [-0.05, 0) is 61.4 Å². The van der Waals surface area contributed by atoms with E-state index >= 15 is 0 Å². The van der Waals surface area contributed by atoms with Gasteiger partial charge in [-0.25, -0.2) is 15.0 Å². The Labute approximate surface area is 277 Å². The number of non-ortho nitro benzene ring substituents is 1. The number of nitrogens with zero attached hydrogens (tertiary/aromatic N) is 3. The number of benzene rings is 3. The zero-order valence-corrected chi connectivity index (χ0v) is 26.5. The molecule has 0 unspecified atom stereocenters. The molecule has 0 fully saturated rings. The molecule has 1 heterocycles. The van der Waals surface area contributed by atoms with Crippen molar-refractivity contribution in [2.45, 2.75) is 19.9 Å². The number of allylic oxidation sites excluding steroid dienone is 1. The minimum atomic E-state index is -0.827. The summed E-state index contributed by atoms with van der Waals surface area (Å²) in [4.78, 5) is 58.0.